The molecule has 158 valence electrons. The van der Waals surface area contributed by atoms with Crippen molar-refractivity contribution in [3.8, 4) is 11.5 Å². The molecule has 1 amide bonds. The van der Waals surface area contributed by atoms with E-state index in [0.29, 0.717) is 41.8 Å². The summed E-state index contributed by atoms with van der Waals surface area (Å²) >= 11 is 5.81. The van der Waals surface area contributed by atoms with Crippen LogP contribution in [-0.2, 0) is 14.8 Å². The highest BCUT2D eigenvalue weighted by molar-refractivity contribution is 7.92. The second-order valence-corrected chi connectivity index (χ2v) is 8.63. The van der Waals surface area contributed by atoms with Gasteiger partial charge in [-0.2, -0.15) is 0 Å². The van der Waals surface area contributed by atoms with Gasteiger partial charge in [0.15, 0.2) is 0 Å². The van der Waals surface area contributed by atoms with E-state index in [1.807, 2.05) is 0 Å². The lowest BCUT2D eigenvalue weighted by atomic mass is 10.2. The van der Waals surface area contributed by atoms with Gasteiger partial charge in [-0.05, 0) is 55.0 Å². The number of hydrogen-bond acceptors (Lipinski definition) is 5. The maximum atomic E-state index is 12.1. The van der Waals surface area contributed by atoms with E-state index in [-0.39, 0.29) is 18.9 Å². The number of anilines is 1. The number of amides is 1. The first kappa shape index (κ1) is 22.8. The van der Waals surface area contributed by atoms with Crippen molar-refractivity contribution in [2.75, 3.05) is 37.4 Å². The second-order valence-electron chi connectivity index (χ2n) is 6.29. The number of carbonyl (C=O) groups is 1. The summed E-state index contributed by atoms with van der Waals surface area (Å²) in [4.78, 5) is 12.0. The molecular formula is C20H25ClN2O5S. The fourth-order valence-electron chi connectivity index (χ4n) is 2.60. The molecule has 0 radical (unpaired) electrons. The van der Waals surface area contributed by atoms with Crippen molar-refractivity contribution in [2.45, 2.75) is 12.8 Å². The Bertz CT molecular complexity index is 886. The summed E-state index contributed by atoms with van der Waals surface area (Å²) in [6.45, 7) is 0.893. The van der Waals surface area contributed by atoms with Crippen molar-refractivity contribution in [3.63, 3.8) is 0 Å². The molecule has 0 fully saturated rings. The minimum atomic E-state index is -3.46. The van der Waals surface area contributed by atoms with Crippen LogP contribution in [0.4, 0.5) is 5.69 Å². The van der Waals surface area contributed by atoms with E-state index in [4.69, 9.17) is 21.1 Å². The highest BCUT2D eigenvalue weighted by Gasteiger charge is 2.17. The summed E-state index contributed by atoms with van der Waals surface area (Å²) in [6, 6.07) is 13.7. The Kier molecular flexibility index (Phi) is 8.60. The summed E-state index contributed by atoms with van der Waals surface area (Å²) < 4.78 is 36.1. The summed E-state index contributed by atoms with van der Waals surface area (Å²) in [7, 11) is -1.91. The maximum absolute atomic E-state index is 12.1. The summed E-state index contributed by atoms with van der Waals surface area (Å²) in [6.07, 6.45) is 1.75. The average molecular weight is 441 g/mol. The minimum Gasteiger partial charge on any atom is -0.497 e. The number of halogens is 1. The van der Waals surface area contributed by atoms with Crippen molar-refractivity contribution >= 4 is 33.2 Å². The van der Waals surface area contributed by atoms with Crippen LogP contribution in [0.3, 0.4) is 0 Å². The third-order valence-electron chi connectivity index (χ3n) is 4.03. The van der Waals surface area contributed by atoms with E-state index in [1.165, 1.54) is 4.31 Å². The minimum absolute atomic E-state index is 0.159. The first-order valence-corrected chi connectivity index (χ1v) is 11.3. The number of rotatable bonds is 11. The molecule has 0 atom stereocenters. The Morgan fingerprint density at radius 3 is 2.28 bits per heavy atom. The fraction of sp³-hybridized carbons (Fsp3) is 0.350. The second kappa shape index (κ2) is 10.9. The Labute approximate surface area is 176 Å². The molecule has 2 aromatic rings. The number of nitrogens with zero attached hydrogens (tertiary/aromatic N) is 1. The Balaban J connectivity index is 1.75. The van der Waals surface area contributed by atoms with E-state index >= 15 is 0 Å². The van der Waals surface area contributed by atoms with E-state index in [9.17, 15) is 13.2 Å². The third kappa shape index (κ3) is 7.83. The van der Waals surface area contributed by atoms with E-state index < -0.39 is 10.0 Å². The molecule has 0 aliphatic carbocycles. The monoisotopic (exact) mass is 440 g/mol. The van der Waals surface area contributed by atoms with Crippen molar-refractivity contribution in [1.29, 1.82) is 0 Å². The highest BCUT2D eigenvalue weighted by atomic mass is 35.5. The Hall–Kier alpha value is -2.45. The number of benzene rings is 2. The molecule has 2 rings (SSSR count). The van der Waals surface area contributed by atoms with Gasteiger partial charge >= 0.3 is 0 Å². The summed E-state index contributed by atoms with van der Waals surface area (Å²) in [5.74, 6) is 1.15. The van der Waals surface area contributed by atoms with Gasteiger partial charge in [-0.3, -0.25) is 9.10 Å². The predicted octanol–water partition coefficient (Wildman–Crippen LogP) is 3.09. The molecule has 0 saturated carbocycles. The van der Waals surface area contributed by atoms with Gasteiger partial charge in [0, 0.05) is 18.0 Å². The largest absolute Gasteiger partial charge is 0.497 e. The van der Waals surface area contributed by atoms with Crippen molar-refractivity contribution in [3.05, 3.63) is 53.6 Å². The standard InChI is InChI=1S/C20H25ClN2O5S/c1-27-18-11-7-17(8-12-18)23(29(2,25)26)14-3-4-20(24)22-13-15-28-19-9-5-16(21)6-10-19/h5-12H,3-4,13-15H2,1-2H3,(H,22,24). The topological polar surface area (TPSA) is 84.9 Å². The zero-order chi connectivity index (χ0) is 21.3. The van der Waals surface area contributed by atoms with Gasteiger partial charge in [0.25, 0.3) is 0 Å². The first-order valence-electron chi connectivity index (χ1n) is 9.06. The molecule has 0 bridgehead atoms. The molecule has 0 aliphatic heterocycles. The molecule has 0 saturated heterocycles. The van der Waals surface area contributed by atoms with E-state index in [0.717, 1.165) is 6.26 Å². The van der Waals surface area contributed by atoms with Gasteiger partial charge in [0.05, 0.1) is 25.6 Å². The lowest BCUT2D eigenvalue weighted by Crippen LogP contribution is -2.32. The molecule has 1 N–H and O–H groups in total. The third-order valence-corrected chi connectivity index (χ3v) is 5.48. The van der Waals surface area contributed by atoms with Crippen LogP contribution in [0.5, 0.6) is 11.5 Å². The molecule has 29 heavy (non-hydrogen) atoms. The molecule has 0 spiro atoms. The van der Waals surface area contributed by atoms with Crippen LogP contribution in [0.15, 0.2) is 48.5 Å². The van der Waals surface area contributed by atoms with E-state index in [1.54, 1.807) is 55.6 Å². The van der Waals surface area contributed by atoms with Gasteiger partial charge in [-0.1, -0.05) is 11.6 Å². The number of hydrogen-bond donors (Lipinski definition) is 1. The first-order chi connectivity index (χ1) is 13.8. The number of nitrogens with one attached hydrogen (secondary N) is 1. The van der Waals surface area contributed by atoms with Crippen LogP contribution in [0.1, 0.15) is 12.8 Å². The Morgan fingerprint density at radius 2 is 1.69 bits per heavy atom. The molecule has 9 heteroatoms. The SMILES string of the molecule is COc1ccc(N(CCCC(=O)NCCOc2ccc(Cl)cc2)S(C)(=O)=O)cc1. The van der Waals surface area contributed by atoms with Crippen LogP contribution in [0.25, 0.3) is 0 Å². The number of carbonyl (C=O) groups excluding carboxylic acids is 1. The smallest absolute Gasteiger partial charge is 0.232 e. The summed E-state index contributed by atoms with van der Waals surface area (Å²) in [5, 5.41) is 3.39. The van der Waals surface area contributed by atoms with E-state index in [2.05, 4.69) is 5.32 Å². The molecule has 0 aromatic heterocycles. The van der Waals surface area contributed by atoms with Gasteiger partial charge in [-0.25, -0.2) is 8.42 Å². The van der Waals surface area contributed by atoms with Gasteiger partial charge < -0.3 is 14.8 Å². The molecule has 2 aromatic carbocycles. The quantitative estimate of drug-likeness (QED) is 0.543. The average Bonchev–Trinajstić information content (AvgIpc) is 2.69. The maximum Gasteiger partial charge on any atom is 0.232 e. The zero-order valence-corrected chi connectivity index (χ0v) is 18.0. The lowest BCUT2D eigenvalue weighted by Gasteiger charge is -2.22. The van der Waals surface area contributed by atoms with Gasteiger partial charge in [-0.15, -0.1) is 0 Å². The summed E-state index contributed by atoms with van der Waals surface area (Å²) in [5.41, 5.74) is 0.532. The van der Waals surface area contributed by atoms with Crippen LogP contribution in [0.2, 0.25) is 5.02 Å². The van der Waals surface area contributed by atoms with Crippen LogP contribution < -0.4 is 19.1 Å². The number of ether oxygens (including phenoxy) is 2. The zero-order valence-electron chi connectivity index (χ0n) is 16.4. The van der Waals surface area contributed by atoms with Gasteiger partial charge in [0.2, 0.25) is 15.9 Å². The van der Waals surface area contributed by atoms with Crippen LogP contribution >= 0.6 is 11.6 Å². The fourth-order valence-corrected chi connectivity index (χ4v) is 3.69. The molecular weight excluding hydrogens is 416 g/mol. The highest BCUT2D eigenvalue weighted by Crippen LogP contribution is 2.22. The molecule has 7 nitrogen and oxygen atoms in total. The van der Waals surface area contributed by atoms with Crippen LogP contribution in [0, 0.1) is 0 Å². The number of methoxy groups -OCH3 is 1. The van der Waals surface area contributed by atoms with Crippen molar-refractivity contribution in [1.82, 2.24) is 5.32 Å². The van der Waals surface area contributed by atoms with Crippen molar-refractivity contribution < 1.29 is 22.7 Å². The predicted molar refractivity (Wildman–Crippen MR) is 114 cm³/mol. The van der Waals surface area contributed by atoms with Gasteiger partial charge in [0.1, 0.15) is 18.1 Å². The Morgan fingerprint density at radius 1 is 1.07 bits per heavy atom. The van der Waals surface area contributed by atoms with Crippen LogP contribution in [-0.4, -0.2) is 47.4 Å². The van der Waals surface area contributed by atoms with Crippen molar-refractivity contribution in [2.24, 2.45) is 0 Å². The lowest BCUT2D eigenvalue weighted by molar-refractivity contribution is -0.121. The molecule has 0 aliphatic rings. The molecule has 0 heterocycles. The number of sulfonamides is 1. The molecule has 0 unspecified atom stereocenters. The normalized spacial score (nSPS) is 11.0.